The molecule has 0 fully saturated rings. The van der Waals surface area contributed by atoms with Crippen LogP contribution in [0.5, 0.6) is 0 Å². The molecule has 0 aliphatic heterocycles. The van der Waals surface area contributed by atoms with E-state index in [4.69, 9.17) is 0 Å². The quantitative estimate of drug-likeness (QED) is 0.902. The molecule has 0 aliphatic rings. The molecule has 0 aromatic carbocycles. The molecule has 0 bridgehead atoms. The molecule has 0 saturated heterocycles. The van der Waals surface area contributed by atoms with Crippen molar-refractivity contribution >= 4 is 15.9 Å². The number of H-pyrrole nitrogens is 1. The van der Waals surface area contributed by atoms with E-state index < -0.39 is 0 Å². The van der Waals surface area contributed by atoms with Gasteiger partial charge in [0.25, 0.3) is 5.56 Å². The maximum absolute atomic E-state index is 11.7. The molecule has 0 aliphatic carbocycles. The number of aryl methyl sites for hydroxylation is 1. The van der Waals surface area contributed by atoms with E-state index in [0.29, 0.717) is 10.4 Å². The molecule has 1 heterocycles. The zero-order valence-corrected chi connectivity index (χ0v) is 11.7. The second kappa shape index (κ2) is 6.18. The summed E-state index contributed by atoms with van der Waals surface area (Å²) in [6, 6.07) is 0. The first-order valence-electron chi connectivity index (χ1n) is 5.92. The Bertz CT molecular complexity index is 396. The standard InChI is InChI=1S/C12H19BrN2O/c1-4-7-9-10(13)12(16)15-11(14-9)8(5-2)6-3/h8H,4-7H2,1-3H3,(H,14,15,16). The van der Waals surface area contributed by atoms with Crippen molar-refractivity contribution in [3.63, 3.8) is 0 Å². The number of nitrogens with zero attached hydrogens (tertiary/aromatic N) is 1. The van der Waals surface area contributed by atoms with Crippen molar-refractivity contribution in [1.29, 1.82) is 0 Å². The number of aromatic nitrogens is 2. The third-order valence-corrected chi connectivity index (χ3v) is 3.63. The van der Waals surface area contributed by atoms with Crippen LogP contribution in [-0.4, -0.2) is 9.97 Å². The molecule has 0 radical (unpaired) electrons. The fourth-order valence-corrected chi connectivity index (χ4v) is 2.18. The molecule has 90 valence electrons. The third-order valence-electron chi connectivity index (χ3n) is 2.81. The molecule has 4 heteroatoms. The van der Waals surface area contributed by atoms with Crippen LogP contribution in [-0.2, 0) is 6.42 Å². The summed E-state index contributed by atoms with van der Waals surface area (Å²) < 4.78 is 0.587. The molecule has 3 nitrogen and oxygen atoms in total. The minimum absolute atomic E-state index is 0.0552. The Morgan fingerprint density at radius 3 is 2.44 bits per heavy atom. The van der Waals surface area contributed by atoms with Crippen molar-refractivity contribution < 1.29 is 0 Å². The number of hydrogen-bond acceptors (Lipinski definition) is 2. The number of hydrogen-bond donors (Lipinski definition) is 1. The molecule has 1 rings (SSSR count). The van der Waals surface area contributed by atoms with Crippen LogP contribution in [0.25, 0.3) is 0 Å². The molecule has 1 N–H and O–H groups in total. The highest BCUT2D eigenvalue weighted by atomic mass is 79.9. The Kier molecular flexibility index (Phi) is 5.19. The molecule has 1 aromatic heterocycles. The number of rotatable bonds is 5. The van der Waals surface area contributed by atoms with Gasteiger partial charge in [-0.15, -0.1) is 0 Å². The summed E-state index contributed by atoms with van der Waals surface area (Å²) in [4.78, 5) is 19.2. The van der Waals surface area contributed by atoms with Crippen LogP contribution in [0.1, 0.15) is 57.5 Å². The lowest BCUT2D eigenvalue weighted by molar-refractivity contribution is 0.592. The first-order valence-corrected chi connectivity index (χ1v) is 6.71. The van der Waals surface area contributed by atoms with Crippen molar-refractivity contribution in [2.24, 2.45) is 0 Å². The topological polar surface area (TPSA) is 45.8 Å². The minimum atomic E-state index is -0.0552. The Morgan fingerprint density at radius 2 is 1.94 bits per heavy atom. The second-order valence-electron chi connectivity index (χ2n) is 3.98. The van der Waals surface area contributed by atoms with E-state index in [0.717, 1.165) is 37.2 Å². The molecule has 0 amide bonds. The second-order valence-corrected chi connectivity index (χ2v) is 4.77. The van der Waals surface area contributed by atoms with Gasteiger partial charge in [0.05, 0.1) is 5.69 Å². The Labute approximate surface area is 105 Å². The van der Waals surface area contributed by atoms with Crippen LogP contribution in [0.2, 0.25) is 0 Å². The molecule has 16 heavy (non-hydrogen) atoms. The Hall–Kier alpha value is -0.640. The number of nitrogens with one attached hydrogen (secondary N) is 1. The van der Waals surface area contributed by atoms with Gasteiger partial charge in [-0.3, -0.25) is 4.79 Å². The van der Waals surface area contributed by atoms with Gasteiger partial charge in [0.15, 0.2) is 0 Å². The van der Waals surface area contributed by atoms with Crippen molar-refractivity contribution in [2.75, 3.05) is 0 Å². The lowest BCUT2D eigenvalue weighted by Gasteiger charge is -2.13. The Balaban J connectivity index is 3.17. The largest absolute Gasteiger partial charge is 0.309 e. The fraction of sp³-hybridized carbons (Fsp3) is 0.667. The van der Waals surface area contributed by atoms with Gasteiger partial charge in [0.1, 0.15) is 10.3 Å². The lowest BCUT2D eigenvalue weighted by atomic mass is 10.0. The third kappa shape index (κ3) is 2.94. The highest BCUT2D eigenvalue weighted by Crippen LogP contribution is 2.20. The maximum Gasteiger partial charge on any atom is 0.265 e. The number of halogens is 1. The highest BCUT2D eigenvalue weighted by Gasteiger charge is 2.13. The van der Waals surface area contributed by atoms with Gasteiger partial charge < -0.3 is 4.98 Å². The van der Waals surface area contributed by atoms with Crippen LogP contribution in [0.3, 0.4) is 0 Å². The van der Waals surface area contributed by atoms with Crippen LogP contribution < -0.4 is 5.56 Å². The van der Waals surface area contributed by atoms with Gasteiger partial charge in [-0.05, 0) is 35.2 Å². The molecule has 1 aromatic rings. The Morgan fingerprint density at radius 1 is 1.31 bits per heavy atom. The summed E-state index contributed by atoms with van der Waals surface area (Å²) >= 11 is 3.30. The molecule has 0 atom stereocenters. The van der Waals surface area contributed by atoms with Gasteiger partial charge in [-0.2, -0.15) is 0 Å². The van der Waals surface area contributed by atoms with Crippen LogP contribution in [0, 0.1) is 0 Å². The van der Waals surface area contributed by atoms with Crippen molar-refractivity contribution in [3.05, 3.63) is 26.3 Å². The zero-order valence-electron chi connectivity index (χ0n) is 10.1. The zero-order chi connectivity index (χ0) is 12.1. The summed E-state index contributed by atoms with van der Waals surface area (Å²) in [6.45, 7) is 6.33. The molecular weight excluding hydrogens is 268 g/mol. The van der Waals surface area contributed by atoms with Gasteiger partial charge in [0.2, 0.25) is 0 Å². The molecular formula is C12H19BrN2O. The molecule has 0 unspecified atom stereocenters. The van der Waals surface area contributed by atoms with E-state index in [1.54, 1.807) is 0 Å². The smallest absolute Gasteiger partial charge is 0.265 e. The van der Waals surface area contributed by atoms with E-state index in [9.17, 15) is 4.79 Å². The highest BCUT2D eigenvalue weighted by molar-refractivity contribution is 9.10. The van der Waals surface area contributed by atoms with E-state index in [-0.39, 0.29) is 5.56 Å². The maximum atomic E-state index is 11.7. The monoisotopic (exact) mass is 286 g/mol. The predicted molar refractivity (Wildman–Crippen MR) is 69.9 cm³/mol. The first-order chi connectivity index (χ1) is 7.63. The predicted octanol–water partition coefficient (Wildman–Crippen LogP) is 3.39. The van der Waals surface area contributed by atoms with Gasteiger partial charge in [-0.1, -0.05) is 27.2 Å². The number of aromatic amines is 1. The van der Waals surface area contributed by atoms with E-state index in [2.05, 4.69) is 46.7 Å². The molecule has 0 saturated carbocycles. The summed E-state index contributed by atoms with van der Waals surface area (Å²) in [7, 11) is 0. The average molecular weight is 287 g/mol. The van der Waals surface area contributed by atoms with Crippen molar-refractivity contribution in [2.45, 2.75) is 52.4 Å². The van der Waals surface area contributed by atoms with Crippen LogP contribution in [0.15, 0.2) is 9.27 Å². The summed E-state index contributed by atoms with van der Waals surface area (Å²) in [5, 5.41) is 0. The summed E-state index contributed by atoms with van der Waals surface area (Å²) in [5.74, 6) is 1.19. The van der Waals surface area contributed by atoms with Crippen LogP contribution in [0.4, 0.5) is 0 Å². The fourth-order valence-electron chi connectivity index (χ4n) is 1.80. The van der Waals surface area contributed by atoms with E-state index in [1.165, 1.54) is 0 Å². The van der Waals surface area contributed by atoms with Gasteiger partial charge in [0, 0.05) is 5.92 Å². The summed E-state index contributed by atoms with van der Waals surface area (Å²) in [6.07, 6.45) is 3.86. The summed E-state index contributed by atoms with van der Waals surface area (Å²) in [5.41, 5.74) is 0.827. The van der Waals surface area contributed by atoms with Gasteiger partial charge in [-0.25, -0.2) is 4.98 Å². The van der Waals surface area contributed by atoms with Crippen molar-refractivity contribution in [1.82, 2.24) is 9.97 Å². The normalized spacial score (nSPS) is 11.1. The van der Waals surface area contributed by atoms with E-state index >= 15 is 0 Å². The average Bonchev–Trinajstić information content (AvgIpc) is 2.27. The van der Waals surface area contributed by atoms with E-state index in [1.807, 2.05) is 0 Å². The lowest BCUT2D eigenvalue weighted by Crippen LogP contribution is -2.17. The minimum Gasteiger partial charge on any atom is -0.309 e. The van der Waals surface area contributed by atoms with Crippen molar-refractivity contribution in [3.8, 4) is 0 Å². The first kappa shape index (κ1) is 13.4. The molecule has 0 spiro atoms. The van der Waals surface area contributed by atoms with Crippen LogP contribution >= 0.6 is 15.9 Å². The van der Waals surface area contributed by atoms with Gasteiger partial charge >= 0.3 is 0 Å². The SMILES string of the molecule is CCCc1nc(C(CC)CC)[nH]c(=O)c1Br.